The van der Waals surface area contributed by atoms with Crippen molar-refractivity contribution in [1.82, 2.24) is 10.1 Å². The lowest BCUT2D eigenvalue weighted by molar-refractivity contribution is 0.393. The summed E-state index contributed by atoms with van der Waals surface area (Å²) in [7, 11) is 0. The molecule has 1 heterocycles. The van der Waals surface area contributed by atoms with E-state index in [-0.39, 0.29) is 0 Å². The molecule has 0 unspecified atom stereocenters. The molecule has 0 aliphatic heterocycles. The molecule has 3 rings (SSSR count). The van der Waals surface area contributed by atoms with Gasteiger partial charge in [0.1, 0.15) is 0 Å². The van der Waals surface area contributed by atoms with Crippen LogP contribution in [0.15, 0.2) is 22.7 Å². The number of nitrogens with two attached hydrogens (primary N) is 1. The molecule has 1 saturated carbocycles. The van der Waals surface area contributed by atoms with E-state index in [0.717, 1.165) is 24.2 Å². The minimum Gasteiger partial charge on any atom is -0.398 e. The van der Waals surface area contributed by atoms with E-state index in [4.69, 9.17) is 21.9 Å². The molecule has 1 aromatic heterocycles. The number of nitrogen functional groups attached to an aromatic ring is 1. The highest BCUT2D eigenvalue weighted by molar-refractivity contribution is 6.33. The van der Waals surface area contributed by atoms with Gasteiger partial charge < -0.3 is 10.3 Å². The standard InChI is InChI=1S/C16H20ClN3O/c17-13-10-12(8-9-14(13)18)16-19-15(20-21-16)11-6-4-2-1-3-5-7-11/h8-11H,1-7,18H2. The Kier molecular flexibility index (Phi) is 4.44. The van der Waals surface area contributed by atoms with E-state index in [1.807, 2.05) is 6.07 Å². The maximum atomic E-state index is 6.04. The number of rotatable bonds is 2. The van der Waals surface area contributed by atoms with Crippen molar-refractivity contribution in [1.29, 1.82) is 0 Å². The molecule has 1 aromatic carbocycles. The maximum Gasteiger partial charge on any atom is 0.257 e. The van der Waals surface area contributed by atoms with Crippen molar-refractivity contribution in [3.63, 3.8) is 0 Å². The van der Waals surface area contributed by atoms with E-state index in [0.29, 0.717) is 22.5 Å². The van der Waals surface area contributed by atoms with E-state index >= 15 is 0 Å². The average Bonchev–Trinajstić information content (AvgIpc) is 2.91. The topological polar surface area (TPSA) is 64.9 Å². The fourth-order valence-electron chi connectivity index (χ4n) is 2.89. The highest BCUT2D eigenvalue weighted by Crippen LogP contribution is 2.31. The van der Waals surface area contributed by atoms with Crippen molar-refractivity contribution >= 4 is 17.3 Å². The molecule has 1 aliphatic rings. The first kappa shape index (κ1) is 14.4. The molecular weight excluding hydrogens is 286 g/mol. The van der Waals surface area contributed by atoms with Crippen LogP contribution in [-0.4, -0.2) is 10.1 Å². The molecule has 21 heavy (non-hydrogen) atoms. The molecule has 2 N–H and O–H groups in total. The fraction of sp³-hybridized carbons (Fsp3) is 0.500. The maximum absolute atomic E-state index is 6.04. The first-order valence-corrected chi connectivity index (χ1v) is 8.01. The van der Waals surface area contributed by atoms with Crippen LogP contribution in [0.4, 0.5) is 5.69 Å². The van der Waals surface area contributed by atoms with Crippen molar-refractivity contribution in [3.8, 4) is 11.5 Å². The molecular formula is C16H20ClN3O. The van der Waals surface area contributed by atoms with Crippen LogP contribution >= 0.6 is 11.6 Å². The number of halogens is 1. The van der Waals surface area contributed by atoms with Gasteiger partial charge in [-0.25, -0.2) is 0 Å². The Hall–Kier alpha value is -1.55. The number of anilines is 1. The summed E-state index contributed by atoms with van der Waals surface area (Å²) < 4.78 is 5.41. The molecule has 0 spiro atoms. The normalized spacial score (nSPS) is 17.4. The van der Waals surface area contributed by atoms with Crippen molar-refractivity contribution in [2.45, 2.75) is 50.9 Å². The lowest BCUT2D eigenvalue weighted by Gasteiger charge is -2.15. The zero-order valence-corrected chi connectivity index (χ0v) is 12.8. The summed E-state index contributed by atoms with van der Waals surface area (Å²) in [4.78, 5) is 4.57. The van der Waals surface area contributed by atoms with Gasteiger partial charge in [-0.1, -0.05) is 48.9 Å². The van der Waals surface area contributed by atoms with Crippen LogP contribution in [0, 0.1) is 0 Å². The second kappa shape index (κ2) is 6.48. The van der Waals surface area contributed by atoms with E-state index in [1.54, 1.807) is 12.1 Å². The molecule has 1 fully saturated rings. The Bertz CT molecular complexity index is 603. The first-order chi connectivity index (χ1) is 10.2. The van der Waals surface area contributed by atoms with Gasteiger partial charge >= 0.3 is 0 Å². The highest BCUT2D eigenvalue weighted by atomic mass is 35.5. The van der Waals surface area contributed by atoms with Crippen LogP contribution < -0.4 is 5.73 Å². The Morgan fingerprint density at radius 2 is 1.81 bits per heavy atom. The smallest absolute Gasteiger partial charge is 0.257 e. The third-order valence-electron chi connectivity index (χ3n) is 4.16. The highest BCUT2D eigenvalue weighted by Gasteiger charge is 2.20. The van der Waals surface area contributed by atoms with Crippen LogP contribution in [0.2, 0.25) is 5.02 Å². The van der Waals surface area contributed by atoms with Gasteiger partial charge in [0.2, 0.25) is 0 Å². The molecule has 0 atom stereocenters. The summed E-state index contributed by atoms with van der Waals surface area (Å²) in [5.41, 5.74) is 7.10. The molecule has 0 amide bonds. The summed E-state index contributed by atoms with van der Waals surface area (Å²) in [5.74, 6) is 1.78. The lowest BCUT2D eigenvalue weighted by atomic mass is 9.91. The van der Waals surface area contributed by atoms with E-state index in [1.165, 1.54) is 32.1 Å². The third kappa shape index (κ3) is 3.38. The summed E-state index contributed by atoms with van der Waals surface area (Å²) in [5, 5.41) is 4.69. The second-order valence-corrected chi connectivity index (χ2v) is 6.14. The van der Waals surface area contributed by atoms with Crippen LogP contribution in [0.25, 0.3) is 11.5 Å². The Morgan fingerprint density at radius 3 is 2.52 bits per heavy atom. The quantitative estimate of drug-likeness (QED) is 0.809. The predicted octanol–water partition coefficient (Wildman–Crippen LogP) is 4.80. The van der Waals surface area contributed by atoms with Gasteiger partial charge in [0.25, 0.3) is 5.89 Å². The molecule has 5 heteroatoms. The van der Waals surface area contributed by atoms with Crippen molar-refractivity contribution < 1.29 is 4.52 Å². The Balaban J connectivity index is 1.79. The molecule has 0 radical (unpaired) electrons. The molecule has 0 bridgehead atoms. The molecule has 112 valence electrons. The molecule has 1 aliphatic carbocycles. The van der Waals surface area contributed by atoms with Crippen LogP contribution in [0.1, 0.15) is 56.7 Å². The largest absolute Gasteiger partial charge is 0.398 e. The molecule has 0 saturated heterocycles. The first-order valence-electron chi connectivity index (χ1n) is 7.63. The summed E-state index contributed by atoms with van der Waals surface area (Å²) in [6.07, 6.45) is 8.80. The Labute approximate surface area is 129 Å². The van der Waals surface area contributed by atoms with Gasteiger partial charge in [0.15, 0.2) is 5.82 Å². The van der Waals surface area contributed by atoms with Gasteiger partial charge in [0.05, 0.1) is 10.7 Å². The minimum atomic E-state index is 0.423. The van der Waals surface area contributed by atoms with Gasteiger partial charge in [-0.2, -0.15) is 4.98 Å². The number of hydrogen-bond donors (Lipinski definition) is 1. The number of hydrogen-bond acceptors (Lipinski definition) is 4. The van der Waals surface area contributed by atoms with Gasteiger partial charge in [0, 0.05) is 11.5 Å². The lowest BCUT2D eigenvalue weighted by Crippen LogP contribution is -2.04. The number of nitrogens with zero attached hydrogens (tertiary/aromatic N) is 2. The van der Waals surface area contributed by atoms with Crippen LogP contribution in [-0.2, 0) is 0 Å². The van der Waals surface area contributed by atoms with E-state index in [9.17, 15) is 0 Å². The van der Waals surface area contributed by atoms with Crippen molar-refractivity contribution in [2.75, 3.05) is 5.73 Å². The van der Waals surface area contributed by atoms with Gasteiger partial charge in [-0.05, 0) is 31.0 Å². The Morgan fingerprint density at radius 1 is 1.10 bits per heavy atom. The van der Waals surface area contributed by atoms with Gasteiger partial charge in [-0.3, -0.25) is 0 Å². The zero-order valence-electron chi connectivity index (χ0n) is 12.0. The van der Waals surface area contributed by atoms with Gasteiger partial charge in [-0.15, -0.1) is 0 Å². The second-order valence-electron chi connectivity index (χ2n) is 5.74. The monoisotopic (exact) mass is 305 g/mol. The van der Waals surface area contributed by atoms with Crippen molar-refractivity contribution in [2.24, 2.45) is 0 Å². The summed E-state index contributed by atoms with van der Waals surface area (Å²) in [6, 6.07) is 5.39. The summed E-state index contributed by atoms with van der Waals surface area (Å²) in [6.45, 7) is 0. The fourth-order valence-corrected chi connectivity index (χ4v) is 3.07. The molecule has 2 aromatic rings. The van der Waals surface area contributed by atoms with E-state index < -0.39 is 0 Å². The SMILES string of the molecule is Nc1ccc(-c2nc(C3CCCCCCC3)no2)cc1Cl. The van der Waals surface area contributed by atoms with Crippen LogP contribution in [0.5, 0.6) is 0 Å². The predicted molar refractivity (Wildman–Crippen MR) is 84.2 cm³/mol. The summed E-state index contributed by atoms with van der Waals surface area (Å²) >= 11 is 6.04. The number of benzene rings is 1. The van der Waals surface area contributed by atoms with Crippen LogP contribution in [0.3, 0.4) is 0 Å². The average molecular weight is 306 g/mol. The third-order valence-corrected chi connectivity index (χ3v) is 4.49. The minimum absolute atomic E-state index is 0.423. The molecule has 4 nitrogen and oxygen atoms in total. The number of aromatic nitrogens is 2. The van der Waals surface area contributed by atoms with E-state index in [2.05, 4.69) is 10.1 Å². The zero-order chi connectivity index (χ0) is 14.7. The van der Waals surface area contributed by atoms with Crippen molar-refractivity contribution in [3.05, 3.63) is 29.0 Å².